The zero-order chi connectivity index (χ0) is 11.5. The van der Waals surface area contributed by atoms with Gasteiger partial charge in [0, 0.05) is 25.2 Å². The fourth-order valence-corrected chi connectivity index (χ4v) is 3.18. The Kier molecular flexibility index (Phi) is 4.22. The summed E-state index contributed by atoms with van der Waals surface area (Å²) in [6.07, 6.45) is 3.85. The smallest absolute Gasteiger partial charge is 0.0509 e. The Bertz CT molecular complexity index is 216. The van der Waals surface area contributed by atoms with Gasteiger partial charge >= 0.3 is 0 Å². The predicted octanol–water partition coefficient (Wildman–Crippen LogP) is 1.47. The van der Waals surface area contributed by atoms with Crippen LogP contribution in [0.15, 0.2) is 0 Å². The molecule has 3 nitrogen and oxygen atoms in total. The lowest BCUT2D eigenvalue weighted by Crippen LogP contribution is -2.50. The van der Waals surface area contributed by atoms with Crippen LogP contribution in [-0.2, 0) is 4.74 Å². The standard InChI is InChI=1S/C13H26N2O/c1-10-3-4-12(7-14)8-15(10)11(2)13-5-6-16-9-13/h10-13H,3-9,14H2,1-2H3. The van der Waals surface area contributed by atoms with Crippen molar-refractivity contribution in [3.8, 4) is 0 Å². The Morgan fingerprint density at radius 2 is 2.19 bits per heavy atom. The highest BCUT2D eigenvalue weighted by molar-refractivity contribution is 4.86. The molecule has 0 aromatic heterocycles. The minimum absolute atomic E-state index is 0.659. The maximum Gasteiger partial charge on any atom is 0.0509 e. The highest BCUT2D eigenvalue weighted by Crippen LogP contribution is 2.28. The monoisotopic (exact) mass is 226 g/mol. The second-order valence-corrected chi connectivity index (χ2v) is 5.59. The van der Waals surface area contributed by atoms with Gasteiger partial charge in [-0.3, -0.25) is 4.90 Å². The van der Waals surface area contributed by atoms with Gasteiger partial charge in [0.25, 0.3) is 0 Å². The summed E-state index contributed by atoms with van der Waals surface area (Å²) in [5, 5.41) is 0. The summed E-state index contributed by atoms with van der Waals surface area (Å²) in [4.78, 5) is 2.67. The summed E-state index contributed by atoms with van der Waals surface area (Å²) in [6, 6.07) is 1.38. The molecule has 2 fully saturated rings. The van der Waals surface area contributed by atoms with Crippen LogP contribution in [-0.4, -0.2) is 43.3 Å². The number of ether oxygens (including phenoxy) is 1. The van der Waals surface area contributed by atoms with Crippen LogP contribution in [0.25, 0.3) is 0 Å². The molecule has 2 saturated heterocycles. The van der Waals surface area contributed by atoms with Crippen LogP contribution < -0.4 is 5.73 Å². The van der Waals surface area contributed by atoms with Crippen LogP contribution in [0, 0.1) is 11.8 Å². The lowest BCUT2D eigenvalue weighted by atomic mass is 9.89. The van der Waals surface area contributed by atoms with E-state index in [1.54, 1.807) is 0 Å². The van der Waals surface area contributed by atoms with E-state index < -0.39 is 0 Å². The van der Waals surface area contributed by atoms with E-state index in [2.05, 4.69) is 18.7 Å². The lowest BCUT2D eigenvalue weighted by Gasteiger charge is -2.43. The fraction of sp³-hybridized carbons (Fsp3) is 1.00. The van der Waals surface area contributed by atoms with Gasteiger partial charge in [0.2, 0.25) is 0 Å². The number of piperidine rings is 1. The first-order chi connectivity index (χ1) is 7.72. The Balaban J connectivity index is 1.94. The Morgan fingerprint density at radius 1 is 1.38 bits per heavy atom. The maximum absolute atomic E-state index is 5.81. The number of nitrogens with two attached hydrogens (primary N) is 1. The zero-order valence-corrected chi connectivity index (χ0v) is 10.7. The van der Waals surface area contributed by atoms with E-state index in [4.69, 9.17) is 10.5 Å². The van der Waals surface area contributed by atoms with Crippen LogP contribution in [0.1, 0.15) is 33.1 Å². The average Bonchev–Trinajstić information content (AvgIpc) is 2.82. The van der Waals surface area contributed by atoms with E-state index in [1.165, 1.54) is 25.8 Å². The molecule has 3 heteroatoms. The van der Waals surface area contributed by atoms with Gasteiger partial charge in [-0.2, -0.15) is 0 Å². The van der Waals surface area contributed by atoms with E-state index in [9.17, 15) is 0 Å². The molecule has 0 bridgehead atoms. The minimum atomic E-state index is 0.659. The van der Waals surface area contributed by atoms with Gasteiger partial charge in [-0.05, 0) is 51.5 Å². The van der Waals surface area contributed by atoms with E-state index in [1.807, 2.05) is 0 Å². The van der Waals surface area contributed by atoms with Crippen molar-refractivity contribution in [2.45, 2.75) is 45.2 Å². The first-order valence-electron chi connectivity index (χ1n) is 6.76. The molecule has 16 heavy (non-hydrogen) atoms. The molecule has 94 valence electrons. The second-order valence-electron chi connectivity index (χ2n) is 5.59. The van der Waals surface area contributed by atoms with Crippen LogP contribution in [0.4, 0.5) is 0 Å². The van der Waals surface area contributed by atoms with Crippen molar-refractivity contribution in [3.05, 3.63) is 0 Å². The largest absolute Gasteiger partial charge is 0.381 e. The number of rotatable bonds is 3. The van der Waals surface area contributed by atoms with Gasteiger partial charge < -0.3 is 10.5 Å². The van der Waals surface area contributed by atoms with Crippen molar-refractivity contribution in [2.75, 3.05) is 26.3 Å². The van der Waals surface area contributed by atoms with E-state index in [0.29, 0.717) is 12.0 Å². The summed E-state index contributed by atoms with van der Waals surface area (Å²) in [5.74, 6) is 1.44. The Hall–Kier alpha value is -0.120. The molecule has 0 spiro atoms. The first kappa shape index (κ1) is 12.3. The molecular formula is C13H26N2O. The fourth-order valence-electron chi connectivity index (χ4n) is 3.18. The van der Waals surface area contributed by atoms with E-state index >= 15 is 0 Å². The van der Waals surface area contributed by atoms with Gasteiger partial charge in [0.1, 0.15) is 0 Å². The third kappa shape index (κ3) is 2.58. The van der Waals surface area contributed by atoms with Crippen molar-refractivity contribution in [1.82, 2.24) is 4.90 Å². The molecular weight excluding hydrogens is 200 g/mol. The molecule has 0 amide bonds. The summed E-state index contributed by atoms with van der Waals surface area (Å²) >= 11 is 0. The van der Waals surface area contributed by atoms with E-state index in [0.717, 1.165) is 31.7 Å². The third-order valence-corrected chi connectivity index (χ3v) is 4.53. The predicted molar refractivity (Wildman–Crippen MR) is 66.3 cm³/mol. The molecule has 0 aromatic rings. The first-order valence-corrected chi connectivity index (χ1v) is 6.76. The van der Waals surface area contributed by atoms with Crippen molar-refractivity contribution < 1.29 is 4.74 Å². The molecule has 2 heterocycles. The third-order valence-electron chi connectivity index (χ3n) is 4.53. The van der Waals surface area contributed by atoms with E-state index in [-0.39, 0.29) is 0 Å². The molecule has 4 unspecified atom stereocenters. The summed E-state index contributed by atoms with van der Waals surface area (Å²) < 4.78 is 5.51. The maximum atomic E-state index is 5.81. The van der Waals surface area contributed by atoms with Crippen molar-refractivity contribution in [2.24, 2.45) is 17.6 Å². The molecule has 0 saturated carbocycles. The molecule has 2 aliphatic heterocycles. The normalized spacial score (nSPS) is 38.8. The van der Waals surface area contributed by atoms with Gasteiger partial charge in [0.15, 0.2) is 0 Å². The SMILES string of the molecule is CC1CCC(CN)CN1C(C)C1CCOC1. The van der Waals surface area contributed by atoms with Crippen LogP contribution in [0.3, 0.4) is 0 Å². The van der Waals surface area contributed by atoms with Crippen molar-refractivity contribution in [3.63, 3.8) is 0 Å². The van der Waals surface area contributed by atoms with Gasteiger partial charge in [-0.1, -0.05) is 0 Å². The molecule has 0 aromatic carbocycles. The average molecular weight is 226 g/mol. The minimum Gasteiger partial charge on any atom is -0.381 e. The van der Waals surface area contributed by atoms with Crippen LogP contribution in [0.2, 0.25) is 0 Å². The highest BCUT2D eigenvalue weighted by atomic mass is 16.5. The zero-order valence-electron chi connectivity index (χ0n) is 10.7. The van der Waals surface area contributed by atoms with Crippen LogP contribution in [0.5, 0.6) is 0 Å². The van der Waals surface area contributed by atoms with Crippen LogP contribution >= 0.6 is 0 Å². The topological polar surface area (TPSA) is 38.5 Å². The number of hydrogen-bond donors (Lipinski definition) is 1. The molecule has 2 N–H and O–H groups in total. The second kappa shape index (κ2) is 5.48. The Labute approximate surface area is 99.3 Å². The molecule has 2 rings (SSSR count). The van der Waals surface area contributed by atoms with Crippen molar-refractivity contribution in [1.29, 1.82) is 0 Å². The van der Waals surface area contributed by atoms with Gasteiger partial charge in [0.05, 0.1) is 6.61 Å². The molecule has 2 aliphatic rings. The van der Waals surface area contributed by atoms with Gasteiger partial charge in [-0.25, -0.2) is 0 Å². The number of nitrogens with zero attached hydrogens (tertiary/aromatic N) is 1. The highest BCUT2D eigenvalue weighted by Gasteiger charge is 2.33. The molecule has 0 radical (unpaired) electrons. The summed E-state index contributed by atoms with van der Waals surface area (Å²) in [5.41, 5.74) is 5.81. The quantitative estimate of drug-likeness (QED) is 0.792. The molecule has 0 aliphatic carbocycles. The number of likely N-dealkylation sites (tertiary alicyclic amines) is 1. The summed E-state index contributed by atoms with van der Waals surface area (Å²) in [7, 11) is 0. The summed E-state index contributed by atoms with van der Waals surface area (Å²) in [6.45, 7) is 8.68. The number of hydrogen-bond acceptors (Lipinski definition) is 3. The van der Waals surface area contributed by atoms with Crippen molar-refractivity contribution >= 4 is 0 Å². The van der Waals surface area contributed by atoms with Gasteiger partial charge in [-0.15, -0.1) is 0 Å². The molecule has 4 atom stereocenters. The lowest BCUT2D eigenvalue weighted by molar-refractivity contribution is 0.0488. The Morgan fingerprint density at radius 3 is 2.81 bits per heavy atom.